The molecule has 0 N–H and O–H groups in total. The first-order chi connectivity index (χ1) is 9.82. The number of cyclic esters (lactones) is 1. The van der Waals surface area contributed by atoms with Crippen LogP contribution in [0.15, 0.2) is 29.2 Å². The minimum Gasteiger partial charge on any atom is -0.463 e. The molecule has 0 spiro atoms. The third-order valence-electron chi connectivity index (χ3n) is 2.79. The standard InChI is InChI=1S/C12H10F2O6S/c13-12(14)21(17,18)8-3-1-7(2-4-8)10(15)20-9-5-6-19-11(9)16/h1-4,9,12H,5-6H2. The third kappa shape index (κ3) is 3.18. The van der Waals surface area contributed by atoms with Crippen LogP contribution >= 0.6 is 0 Å². The first kappa shape index (κ1) is 15.4. The van der Waals surface area contributed by atoms with Crippen molar-refractivity contribution in [3.8, 4) is 0 Å². The number of hydrogen-bond donors (Lipinski definition) is 0. The Hall–Kier alpha value is -2.03. The van der Waals surface area contributed by atoms with Gasteiger partial charge in [0, 0.05) is 6.42 Å². The van der Waals surface area contributed by atoms with Crippen molar-refractivity contribution in [2.75, 3.05) is 6.61 Å². The largest absolute Gasteiger partial charge is 0.463 e. The Balaban J connectivity index is 2.12. The Labute approximate surface area is 118 Å². The highest BCUT2D eigenvalue weighted by Gasteiger charge is 2.31. The number of esters is 2. The number of carbonyl (C=O) groups excluding carboxylic acids is 2. The first-order valence-corrected chi connectivity index (χ1v) is 7.37. The van der Waals surface area contributed by atoms with Gasteiger partial charge in [-0.3, -0.25) is 0 Å². The molecule has 2 rings (SSSR count). The van der Waals surface area contributed by atoms with Crippen LogP contribution in [-0.4, -0.2) is 38.8 Å². The molecule has 1 aliphatic heterocycles. The van der Waals surface area contributed by atoms with Crippen molar-refractivity contribution >= 4 is 21.8 Å². The summed E-state index contributed by atoms with van der Waals surface area (Å²) in [6.07, 6.45) is -0.760. The lowest BCUT2D eigenvalue weighted by Crippen LogP contribution is -2.22. The van der Waals surface area contributed by atoms with Gasteiger partial charge >= 0.3 is 17.7 Å². The van der Waals surface area contributed by atoms with Crippen molar-refractivity contribution in [1.82, 2.24) is 0 Å². The van der Waals surface area contributed by atoms with Gasteiger partial charge in [0.15, 0.2) is 0 Å². The van der Waals surface area contributed by atoms with Crippen LogP contribution in [-0.2, 0) is 24.1 Å². The van der Waals surface area contributed by atoms with E-state index in [1.165, 1.54) is 0 Å². The lowest BCUT2D eigenvalue weighted by Gasteiger charge is -2.09. The molecule has 21 heavy (non-hydrogen) atoms. The van der Waals surface area contributed by atoms with E-state index < -0.39 is 38.5 Å². The second-order valence-electron chi connectivity index (χ2n) is 4.18. The van der Waals surface area contributed by atoms with E-state index in [2.05, 4.69) is 4.74 Å². The molecule has 0 saturated carbocycles. The van der Waals surface area contributed by atoms with Crippen molar-refractivity contribution < 1.29 is 36.3 Å². The van der Waals surface area contributed by atoms with Gasteiger partial charge < -0.3 is 9.47 Å². The van der Waals surface area contributed by atoms with Crippen molar-refractivity contribution in [1.29, 1.82) is 0 Å². The Bertz CT molecular complexity index is 653. The van der Waals surface area contributed by atoms with Gasteiger partial charge in [-0.2, -0.15) is 8.78 Å². The van der Waals surface area contributed by atoms with Crippen LogP contribution in [0.1, 0.15) is 16.8 Å². The molecule has 0 radical (unpaired) electrons. The summed E-state index contributed by atoms with van der Waals surface area (Å²) in [5.41, 5.74) is -0.0529. The van der Waals surface area contributed by atoms with E-state index in [0.717, 1.165) is 24.3 Å². The molecule has 1 aromatic carbocycles. The highest BCUT2D eigenvalue weighted by molar-refractivity contribution is 7.91. The zero-order valence-electron chi connectivity index (χ0n) is 10.5. The maximum atomic E-state index is 12.3. The van der Waals surface area contributed by atoms with Crippen LogP contribution in [0.25, 0.3) is 0 Å². The number of halogens is 2. The number of benzene rings is 1. The Morgan fingerprint density at radius 1 is 1.29 bits per heavy atom. The molecule has 1 atom stereocenters. The average Bonchev–Trinajstić information content (AvgIpc) is 2.84. The summed E-state index contributed by atoms with van der Waals surface area (Å²) in [5.74, 6) is -5.05. The Morgan fingerprint density at radius 2 is 1.90 bits per heavy atom. The quantitative estimate of drug-likeness (QED) is 0.774. The van der Waals surface area contributed by atoms with Gasteiger partial charge in [0.25, 0.3) is 0 Å². The molecule has 1 fully saturated rings. The van der Waals surface area contributed by atoms with E-state index >= 15 is 0 Å². The molecule has 9 heteroatoms. The number of carbonyl (C=O) groups is 2. The lowest BCUT2D eigenvalue weighted by molar-refractivity contribution is -0.145. The van der Waals surface area contributed by atoms with Gasteiger partial charge in [0.05, 0.1) is 17.1 Å². The van der Waals surface area contributed by atoms with Gasteiger partial charge in [-0.05, 0) is 24.3 Å². The molecule has 1 aromatic rings. The SMILES string of the molecule is O=C(OC1CCOC1=O)c1ccc(S(=O)(=O)C(F)F)cc1. The van der Waals surface area contributed by atoms with Gasteiger partial charge in [-0.15, -0.1) is 0 Å². The second-order valence-corrected chi connectivity index (χ2v) is 6.10. The molecule has 1 heterocycles. The number of alkyl halides is 2. The molecule has 0 aliphatic carbocycles. The van der Waals surface area contributed by atoms with E-state index in [1.807, 2.05) is 0 Å². The van der Waals surface area contributed by atoms with Crippen molar-refractivity contribution in [3.05, 3.63) is 29.8 Å². The summed E-state index contributed by atoms with van der Waals surface area (Å²) < 4.78 is 56.6. The normalized spacial score (nSPS) is 18.6. The van der Waals surface area contributed by atoms with Gasteiger partial charge in [0.2, 0.25) is 15.9 Å². The summed E-state index contributed by atoms with van der Waals surface area (Å²) in [7, 11) is -4.71. The topological polar surface area (TPSA) is 86.7 Å². The fourth-order valence-electron chi connectivity index (χ4n) is 1.67. The molecule has 1 saturated heterocycles. The van der Waals surface area contributed by atoms with Crippen LogP contribution < -0.4 is 0 Å². The molecule has 6 nitrogen and oxygen atoms in total. The van der Waals surface area contributed by atoms with E-state index in [-0.39, 0.29) is 18.6 Å². The fraction of sp³-hybridized carbons (Fsp3) is 0.333. The average molecular weight is 320 g/mol. The van der Waals surface area contributed by atoms with Crippen LogP contribution in [0, 0.1) is 0 Å². The van der Waals surface area contributed by atoms with Crippen LogP contribution in [0.5, 0.6) is 0 Å². The molecule has 1 unspecified atom stereocenters. The number of sulfone groups is 1. The van der Waals surface area contributed by atoms with Crippen molar-refractivity contribution in [2.45, 2.75) is 23.2 Å². The molecule has 114 valence electrons. The molecular weight excluding hydrogens is 310 g/mol. The minimum absolute atomic E-state index is 0.0529. The molecule has 1 aliphatic rings. The summed E-state index contributed by atoms with van der Waals surface area (Å²) in [6, 6.07) is 3.84. The molecule has 0 amide bonds. The van der Waals surface area contributed by atoms with E-state index in [4.69, 9.17) is 4.74 Å². The lowest BCUT2D eigenvalue weighted by atomic mass is 10.2. The first-order valence-electron chi connectivity index (χ1n) is 5.82. The predicted octanol–water partition coefficient (Wildman–Crippen LogP) is 1.16. The van der Waals surface area contributed by atoms with E-state index in [0.29, 0.717) is 0 Å². The van der Waals surface area contributed by atoms with Crippen molar-refractivity contribution in [3.63, 3.8) is 0 Å². The van der Waals surface area contributed by atoms with E-state index in [9.17, 15) is 26.8 Å². The van der Waals surface area contributed by atoms with Gasteiger partial charge in [-0.1, -0.05) is 0 Å². The highest BCUT2D eigenvalue weighted by atomic mass is 32.2. The summed E-state index contributed by atoms with van der Waals surface area (Å²) in [6.45, 7) is 0.155. The molecule has 0 aromatic heterocycles. The maximum absolute atomic E-state index is 12.3. The number of hydrogen-bond acceptors (Lipinski definition) is 6. The zero-order chi connectivity index (χ0) is 15.6. The van der Waals surface area contributed by atoms with Crippen LogP contribution in [0.2, 0.25) is 0 Å². The number of ether oxygens (including phenoxy) is 2. The summed E-state index contributed by atoms with van der Waals surface area (Å²) in [5, 5.41) is 0. The maximum Gasteiger partial charge on any atom is 0.347 e. The second kappa shape index (κ2) is 5.76. The highest BCUT2D eigenvalue weighted by Crippen LogP contribution is 2.19. The predicted molar refractivity (Wildman–Crippen MR) is 64.4 cm³/mol. The van der Waals surface area contributed by atoms with Crippen LogP contribution in [0.3, 0.4) is 0 Å². The smallest absolute Gasteiger partial charge is 0.347 e. The van der Waals surface area contributed by atoms with Gasteiger partial charge in [-0.25, -0.2) is 18.0 Å². The minimum atomic E-state index is -4.71. The van der Waals surface area contributed by atoms with Crippen molar-refractivity contribution in [2.24, 2.45) is 0 Å². The monoisotopic (exact) mass is 320 g/mol. The Morgan fingerprint density at radius 3 is 2.38 bits per heavy atom. The summed E-state index contributed by atoms with van der Waals surface area (Å²) >= 11 is 0. The molecular formula is C12H10F2O6S. The van der Waals surface area contributed by atoms with Gasteiger partial charge in [0.1, 0.15) is 0 Å². The Kier molecular flexibility index (Phi) is 4.21. The fourth-order valence-corrected chi connectivity index (χ4v) is 2.39. The summed E-state index contributed by atoms with van der Waals surface area (Å²) in [4.78, 5) is 22.3. The number of rotatable bonds is 4. The third-order valence-corrected chi connectivity index (χ3v) is 4.19. The van der Waals surface area contributed by atoms with E-state index in [1.54, 1.807) is 0 Å². The zero-order valence-corrected chi connectivity index (χ0v) is 11.3. The molecule has 0 bridgehead atoms. The van der Waals surface area contributed by atoms with Crippen LogP contribution in [0.4, 0.5) is 8.78 Å².